The lowest BCUT2D eigenvalue weighted by Gasteiger charge is -2.24. The molecule has 0 saturated carbocycles. The number of carboxylic acids is 1. The third-order valence-electron chi connectivity index (χ3n) is 2.68. The van der Waals surface area contributed by atoms with Crippen molar-refractivity contribution in [2.24, 2.45) is 0 Å². The van der Waals surface area contributed by atoms with Crippen molar-refractivity contribution in [1.29, 1.82) is 0 Å². The summed E-state index contributed by atoms with van der Waals surface area (Å²) in [4.78, 5) is 23.0. The molecule has 19 heavy (non-hydrogen) atoms. The van der Waals surface area contributed by atoms with Crippen molar-refractivity contribution in [3.05, 3.63) is 36.8 Å². The van der Waals surface area contributed by atoms with Gasteiger partial charge in [0.2, 0.25) is 0 Å². The number of carboxylic acid groups (broad SMARTS) is 1. The number of carbonyl (C=O) groups is 2. The SMILES string of the molecule is C=CCCCNC(=O)NC(C)(C(=O)O)c1ccco1. The van der Waals surface area contributed by atoms with E-state index in [9.17, 15) is 14.7 Å². The molecule has 0 spiro atoms. The highest BCUT2D eigenvalue weighted by Gasteiger charge is 2.39. The van der Waals surface area contributed by atoms with Crippen molar-refractivity contribution < 1.29 is 19.1 Å². The molecule has 2 amide bonds. The zero-order valence-electron chi connectivity index (χ0n) is 10.8. The summed E-state index contributed by atoms with van der Waals surface area (Å²) >= 11 is 0. The first-order chi connectivity index (χ1) is 9.00. The van der Waals surface area contributed by atoms with Gasteiger partial charge < -0.3 is 20.2 Å². The van der Waals surface area contributed by atoms with Crippen LogP contribution in [0.15, 0.2) is 35.5 Å². The Kier molecular flexibility index (Phi) is 5.17. The normalized spacial score (nSPS) is 13.3. The second kappa shape index (κ2) is 6.63. The number of carbonyl (C=O) groups excluding carboxylic acids is 1. The number of rotatable bonds is 7. The van der Waals surface area contributed by atoms with Crippen LogP contribution in [-0.4, -0.2) is 23.7 Å². The molecule has 1 atom stereocenters. The molecule has 1 heterocycles. The van der Waals surface area contributed by atoms with Gasteiger partial charge in [-0.1, -0.05) is 6.08 Å². The van der Waals surface area contributed by atoms with Gasteiger partial charge in [-0.2, -0.15) is 0 Å². The van der Waals surface area contributed by atoms with Crippen molar-refractivity contribution in [2.45, 2.75) is 25.3 Å². The molecule has 0 fully saturated rings. The quantitative estimate of drug-likeness (QED) is 0.518. The lowest BCUT2D eigenvalue weighted by atomic mass is 9.99. The number of hydrogen-bond donors (Lipinski definition) is 3. The fraction of sp³-hybridized carbons (Fsp3) is 0.385. The molecule has 1 unspecified atom stereocenters. The molecule has 1 rings (SSSR count). The van der Waals surface area contributed by atoms with Gasteiger partial charge in [-0.15, -0.1) is 6.58 Å². The molecule has 6 heteroatoms. The molecule has 1 aromatic rings. The zero-order chi connectivity index (χ0) is 14.3. The number of allylic oxidation sites excluding steroid dienone is 1. The van der Waals surface area contributed by atoms with Gasteiger partial charge in [0.1, 0.15) is 5.76 Å². The molecule has 0 bridgehead atoms. The molecule has 0 aliphatic rings. The molecule has 1 aromatic heterocycles. The first-order valence-corrected chi connectivity index (χ1v) is 5.95. The zero-order valence-corrected chi connectivity index (χ0v) is 10.8. The Balaban J connectivity index is 2.62. The number of amides is 2. The van der Waals surface area contributed by atoms with Gasteiger partial charge in [-0.25, -0.2) is 9.59 Å². The summed E-state index contributed by atoms with van der Waals surface area (Å²) in [7, 11) is 0. The van der Waals surface area contributed by atoms with Crippen LogP contribution in [0.2, 0.25) is 0 Å². The van der Waals surface area contributed by atoms with Crippen LogP contribution in [0.25, 0.3) is 0 Å². The van der Waals surface area contributed by atoms with Gasteiger partial charge >= 0.3 is 12.0 Å². The number of unbranched alkanes of at least 4 members (excludes halogenated alkanes) is 1. The highest BCUT2D eigenvalue weighted by Crippen LogP contribution is 2.21. The fourth-order valence-electron chi connectivity index (χ4n) is 1.50. The Morgan fingerprint density at radius 3 is 2.84 bits per heavy atom. The predicted molar refractivity (Wildman–Crippen MR) is 69.7 cm³/mol. The van der Waals surface area contributed by atoms with Crippen molar-refractivity contribution >= 4 is 12.0 Å². The van der Waals surface area contributed by atoms with E-state index in [4.69, 9.17) is 4.42 Å². The third-order valence-corrected chi connectivity index (χ3v) is 2.68. The van der Waals surface area contributed by atoms with Gasteiger partial charge in [-0.3, -0.25) is 0 Å². The minimum Gasteiger partial charge on any atom is -0.479 e. The maximum atomic E-state index is 11.7. The molecule has 104 valence electrons. The van der Waals surface area contributed by atoms with Crippen LogP contribution in [0.4, 0.5) is 4.79 Å². The van der Waals surface area contributed by atoms with E-state index in [2.05, 4.69) is 17.2 Å². The number of furan rings is 1. The minimum atomic E-state index is -1.59. The third kappa shape index (κ3) is 3.87. The van der Waals surface area contributed by atoms with E-state index in [1.807, 2.05) is 0 Å². The van der Waals surface area contributed by atoms with E-state index in [1.165, 1.54) is 19.3 Å². The number of nitrogens with one attached hydrogen (secondary N) is 2. The maximum absolute atomic E-state index is 11.7. The summed E-state index contributed by atoms with van der Waals surface area (Å²) in [5, 5.41) is 14.2. The van der Waals surface area contributed by atoms with Crippen LogP contribution in [-0.2, 0) is 10.3 Å². The Hall–Kier alpha value is -2.24. The van der Waals surface area contributed by atoms with Crippen molar-refractivity contribution in [3.8, 4) is 0 Å². The lowest BCUT2D eigenvalue weighted by Crippen LogP contribution is -2.52. The average molecular weight is 266 g/mol. The summed E-state index contributed by atoms with van der Waals surface area (Å²) in [6.45, 7) is 5.40. The van der Waals surface area contributed by atoms with E-state index in [1.54, 1.807) is 12.1 Å². The van der Waals surface area contributed by atoms with Gasteiger partial charge in [0, 0.05) is 6.54 Å². The lowest BCUT2D eigenvalue weighted by molar-refractivity contribution is -0.144. The molecule has 0 saturated heterocycles. The minimum absolute atomic E-state index is 0.168. The molecular formula is C13H18N2O4. The smallest absolute Gasteiger partial charge is 0.337 e. The topological polar surface area (TPSA) is 91.6 Å². The number of aliphatic carboxylic acids is 1. The summed E-state index contributed by atoms with van der Waals surface area (Å²) in [6, 6.07) is 2.53. The van der Waals surface area contributed by atoms with E-state index >= 15 is 0 Å². The largest absolute Gasteiger partial charge is 0.479 e. The molecule has 0 aliphatic heterocycles. The molecule has 3 N–H and O–H groups in total. The second-order valence-corrected chi connectivity index (χ2v) is 4.22. The fourth-order valence-corrected chi connectivity index (χ4v) is 1.50. The van der Waals surface area contributed by atoms with Gasteiger partial charge in [0.05, 0.1) is 6.26 Å². The van der Waals surface area contributed by atoms with E-state index < -0.39 is 17.5 Å². The van der Waals surface area contributed by atoms with Crippen LogP contribution in [0.1, 0.15) is 25.5 Å². The first-order valence-electron chi connectivity index (χ1n) is 5.95. The Morgan fingerprint density at radius 1 is 1.58 bits per heavy atom. The summed E-state index contributed by atoms with van der Waals surface area (Å²) in [6.07, 6.45) is 4.65. The highest BCUT2D eigenvalue weighted by molar-refractivity contribution is 5.86. The second-order valence-electron chi connectivity index (χ2n) is 4.22. The van der Waals surface area contributed by atoms with Crippen LogP contribution in [0, 0.1) is 0 Å². The highest BCUT2D eigenvalue weighted by atomic mass is 16.4. The Labute approximate surface area is 111 Å². The maximum Gasteiger partial charge on any atom is 0.337 e. The molecular weight excluding hydrogens is 248 g/mol. The summed E-state index contributed by atoms with van der Waals surface area (Å²) < 4.78 is 5.07. The van der Waals surface area contributed by atoms with Crippen molar-refractivity contribution in [1.82, 2.24) is 10.6 Å². The van der Waals surface area contributed by atoms with Crippen LogP contribution >= 0.6 is 0 Å². The molecule has 0 aliphatic carbocycles. The summed E-state index contributed by atoms with van der Waals surface area (Å²) in [5.74, 6) is -1.02. The Morgan fingerprint density at radius 2 is 2.32 bits per heavy atom. The number of urea groups is 1. The van der Waals surface area contributed by atoms with E-state index in [-0.39, 0.29) is 5.76 Å². The molecule has 6 nitrogen and oxygen atoms in total. The average Bonchev–Trinajstić information content (AvgIpc) is 2.88. The monoisotopic (exact) mass is 266 g/mol. The van der Waals surface area contributed by atoms with Crippen LogP contribution in [0.3, 0.4) is 0 Å². The van der Waals surface area contributed by atoms with Gasteiger partial charge in [-0.05, 0) is 31.9 Å². The van der Waals surface area contributed by atoms with Crippen LogP contribution < -0.4 is 10.6 Å². The van der Waals surface area contributed by atoms with Crippen molar-refractivity contribution in [3.63, 3.8) is 0 Å². The molecule has 0 radical (unpaired) electrons. The van der Waals surface area contributed by atoms with Gasteiger partial charge in [0.25, 0.3) is 0 Å². The number of hydrogen-bond acceptors (Lipinski definition) is 3. The van der Waals surface area contributed by atoms with E-state index in [0.29, 0.717) is 6.54 Å². The first kappa shape index (κ1) is 14.8. The van der Waals surface area contributed by atoms with Crippen molar-refractivity contribution in [2.75, 3.05) is 6.54 Å². The predicted octanol–water partition coefficient (Wildman–Crippen LogP) is 1.84. The van der Waals surface area contributed by atoms with Gasteiger partial charge in [0.15, 0.2) is 5.54 Å². The Bertz CT molecular complexity index is 442. The molecule has 0 aromatic carbocycles. The van der Waals surface area contributed by atoms with Crippen LogP contribution in [0.5, 0.6) is 0 Å². The summed E-state index contributed by atoms with van der Waals surface area (Å²) in [5.41, 5.74) is -1.59. The van der Waals surface area contributed by atoms with E-state index in [0.717, 1.165) is 12.8 Å². The standard InChI is InChI=1S/C13H18N2O4/c1-3-4-5-8-14-12(18)15-13(2,11(16)17)10-7-6-9-19-10/h3,6-7,9H,1,4-5,8H2,2H3,(H,16,17)(H2,14,15,18).